The SMILES string of the molecule is CCCNC(c1cnn(C)c1)c1ccccc1OCC. The van der Waals surface area contributed by atoms with Crippen LogP contribution in [0.2, 0.25) is 0 Å². The molecule has 1 atom stereocenters. The van der Waals surface area contributed by atoms with Crippen molar-refractivity contribution in [3.05, 3.63) is 47.8 Å². The summed E-state index contributed by atoms with van der Waals surface area (Å²) in [6, 6.07) is 8.32. The lowest BCUT2D eigenvalue weighted by Gasteiger charge is -2.20. The van der Waals surface area contributed by atoms with Gasteiger partial charge in [0.05, 0.1) is 18.8 Å². The van der Waals surface area contributed by atoms with Gasteiger partial charge in [0.2, 0.25) is 0 Å². The molecular formula is C16H23N3O. The van der Waals surface area contributed by atoms with E-state index in [1.54, 1.807) is 0 Å². The van der Waals surface area contributed by atoms with E-state index in [1.807, 2.05) is 37.0 Å². The van der Waals surface area contributed by atoms with E-state index in [2.05, 4.69) is 35.7 Å². The number of aryl methyl sites for hydroxylation is 1. The Balaban J connectivity index is 2.35. The van der Waals surface area contributed by atoms with Crippen molar-refractivity contribution in [2.24, 2.45) is 7.05 Å². The van der Waals surface area contributed by atoms with E-state index in [0.717, 1.165) is 29.8 Å². The fourth-order valence-electron chi connectivity index (χ4n) is 2.29. The van der Waals surface area contributed by atoms with Crippen LogP contribution in [-0.2, 0) is 7.05 Å². The third-order valence-corrected chi connectivity index (χ3v) is 3.19. The Morgan fingerprint density at radius 2 is 2.10 bits per heavy atom. The third-order valence-electron chi connectivity index (χ3n) is 3.19. The van der Waals surface area contributed by atoms with Crippen molar-refractivity contribution in [1.29, 1.82) is 0 Å². The lowest BCUT2D eigenvalue weighted by Crippen LogP contribution is -2.23. The predicted molar refractivity (Wildman–Crippen MR) is 81.0 cm³/mol. The van der Waals surface area contributed by atoms with Crippen LogP contribution in [0.1, 0.15) is 37.4 Å². The number of rotatable bonds is 7. The molecule has 1 unspecified atom stereocenters. The van der Waals surface area contributed by atoms with Gasteiger partial charge in [0.15, 0.2) is 0 Å². The molecule has 4 nitrogen and oxygen atoms in total. The van der Waals surface area contributed by atoms with Gasteiger partial charge in [-0.2, -0.15) is 5.10 Å². The summed E-state index contributed by atoms with van der Waals surface area (Å²) in [6.45, 7) is 5.81. The van der Waals surface area contributed by atoms with Gasteiger partial charge >= 0.3 is 0 Å². The minimum Gasteiger partial charge on any atom is -0.494 e. The number of hydrogen-bond donors (Lipinski definition) is 1. The molecule has 0 bridgehead atoms. The van der Waals surface area contributed by atoms with Crippen molar-refractivity contribution in [2.45, 2.75) is 26.3 Å². The van der Waals surface area contributed by atoms with E-state index in [-0.39, 0.29) is 6.04 Å². The minimum absolute atomic E-state index is 0.117. The quantitative estimate of drug-likeness (QED) is 0.843. The van der Waals surface area contributed by atoms with E-state index in [1.165, 1.54) is 0 Å². The highest BCUT2D eigenvalue weighted by molar-refractivity contribution is 5.40. The van der Waals surface area contributed by atoms with E-state index >= 15 is 0 Å². The molecule has 2 aromatic rings. The number of nitrogens with one attached hydrogen (secondary N) is 1. The fourth-order valence-corrected chi connectivity index (χ4v) is 2.29. The van der Waals surface area contributed by atoms with Gasteiger partial charge < -0.3 is 10.1 Å². The van der Waals surface area contributed by atoms with Gasteiger partial charge in [-0.1, -0.05) is 25.1 Å². The largest absolute Gasteiger partial charge is 0.494 e. The molecule has 0 aliphatic rings. The molecule has 0 saturated heterocycles. The number of aromatic nitrogens is 2. The molecule has 0 fully saturated rings. The zero-order valence-corrected chi connectivity index (χ0v) is 12.5. The molecule has 1 heterocycles. The average molecular weight is 273 g/mol. The van der Waals surface area contributed by atoms with Crippen molar-refractivity contribution in [3.8, 4) is 5.75 Å². The molecule has 1 aromatic carbocycles. The highest BCUT2D eigenvalue weighted by Crippen LogP contribution is 2.29. The van der Waals surface area contributed by atoms with Gasteiger partial charge in [0.1, 0.15) is 5.75 Å². The Labute approximate surface area is 120 Å². The van der Waals surface area contributed by atoms with Gasteiger partial charge in [0, 0.05) is 24.4 Å². The van der Waals surface area contributed by atoms with Crippen LogP contribution >= 0.6 is 0 Å². The number of hydrogen-bond acceptors (Lipinski definition) is 3. The first-order valence-electron chi connectivity index (χ1n) is 7.19. The zero-order valence-electron chi connectivity index (χ0n) is 12.5. The lowest BCUT2D eigenvalue weighted by molar-refractivity contribution is 0.333. The van der Waals surface area contributed by atoms with Crippen LogP contribution in [0.3, 0.4) is 0 Å². The first-order valence-corrected chi connectivity index (χ1v) is 7.19. The molecule has 0 spiro atoms. The van der Waals surface area contributed by atoms with E-state index in [4.69, 9.17) is 4.74 Å². The summed E-state index contributed by atoms with van der Waals surface area (Å²) >= 11 is 0. The van der Waals surface area contributed by atoms with Gasteiger partial charge in [-0.25, -0.2) is 0 Å². The first kappa shape index (κ1) is 14.6. The van der Waals surface area contributed by atoms with Crippen LogP contribution in [0.4, 0.5) is 0 Å². The predicted octanol–water partition coefficient (Wildman–Crippen LogP) is 2.91. The van der Waals surface area contributed by atoms with Gasteiger partial charge in [-0.05, 0) is 26.0 Å². The molecule has 0 radical (unpaired) electrons. The summed E-state index contributed by atoms with van der Waals surface area (Å²) in [6.07, 6.45) is 5.06. The van der Waals surface area contributed by atoms with Crippen LogP contribution in [0.5, 0.6) is 5.75 Å². The van der Waals surface area contributed by atoms with Crippen molar-refractivity contribution in [3.63, 3.8) is 0 Å². The maximum absolute atomic E-state index is 5.76. The summed E-state index contributed by atoms with van der Waals surface area (Å²) in [5.74, 6) is 0.937. The van der Waals surface area contributed by atoms with Crippen molar-refractivity contribution < 1.29 is 4.74 Å². The van der Waals surface area contributed by atoms with E-state index in [9.17, 15) is 0 Å². The van der Waals surface area contributed by atoms with Crippen LogP contribution in [0.25, 0.3) is 0 Å². The molecule has 1 aromatic heterocycles. The molecule has 0 saturated carbocycles. The normalized spacial score (nSPS) is 12.3. The van der Waals surface area contributed by atoms with Crippen LogP contribution < -0.4 is 10.1 Å². The fraction of sp³-hybridized carbons (Fsp3) is 0.438. The van der Waals surface area contributed by atoms with Gasteiger partial charge in [-0.3, -0.25) is 4.68 Å². The summed E-state index contributed by atoms with van der Waals surface area (Å²) in [7, 11) is 1.94. The van der Waals surface area contributed by atoms with Crippen molar-refractivity contribution >= 4 is 0 Å². The van der Waals surface area contributed by atoms with Gasteiger partial charge in [-0.15, -0.1) is 0 Å². The zero-order chi connectivity index (χ0) is 14.4. The minimum atomic E-state index is 0.117. The topological polar surface area (TPSA) is 39.1 Å². The summed E-state index contributed by atoms with van der Waals surface area (Å²) in [5.41, 5.74) is 2.32. The second-order valence-corrected chi connectivity index (χ2v) is 4.81. The number of benzene rings is 1. The Kier molecular flexibility index (Phi) is 5.18. The number of ether oxygens (including phenoxy) is 1. The Morgan fingerprint density at radius 3 is 2.75 bits per heavy atom. The highest BCUT2D eigenvalue weighted by atomic mass is 16.5. The Hall–Kier alpha value is -1.81. The second-order valence-electron chi connectivity index (χ2n) is 4.81. The average Bonchev–Trinajstić information content (AvgIpc) is 2.88. The maximum Gasteiger partial charge on any atom is 0.124 e. The van der Waals surface area contributed by atoms with Crippen LogP contribution in [0.15, 0.2) is 36.7 Å². The molecular weight excluding hydrogens is 250 g/mol. The third kappa shape index (κ3) is 3.39. The monoisotopic (exact) mass is 273 g/mol. The molecule has 1 N–H and O–H groups in total. The summed E-state index contributed by atoms with van der Waals surface area (Å²) in [4.78, 5) is 0. The number of nitrogens with zero attached hydrogens (tertiary/aromatic N) is 2. The van der Waals surface area contributed by atoms with Gasteiger partial charge in [0.25, 0.3) is 0 Å². The number of para-hydroxylation sites is 1. The van der Waals surface area contributed by atoms with Crippen molar-refractivity contribution in [2.75, 3.05) is 13.2 Å². The lowest BCUT2D eigenvalue weighted by atomic mass is 10.0. The molecule has 4 heteroatoms. The van der Waals surface area contributed by atoms with Crippen LogP contribution in [0, 0.1) is 0 Å². The molecule has 0 amide bonds. The summed E-state index contributed by atoms with van der Waals surface area (Å²) in [5, 5.41) is 7.86. The molecule has 0 aliphatic carbocycles. The Morgan fingerprint density at radius 1 is 1.30 bits per heavy atom. The molecule has 20 heavy (non-hydrogen) atoms. The van der Waals surface area contributed by atoms with Crippen LogP contribution in [-0.4, -0.2) is 22.9 Å². The second kappa shape index (κ2) is 7.10. The molecule has 108 valence electrons. The van der Waals surface area contributed by atoms with E-state index in [0.29, 0.717) is 6.61 Å². The summed E-state index contributed by atoms with van der Waals surface area (Å²) < 4.78 is 7.59. The first-order chi connectivity index (χ1) is 9.76. The standard InChI is InChI=1S/C16H23N3O/c1-4-10-17-16(13-11-18-19(3)12-13)14-8-6-7-9-15(14)20-5-2/h6-9,11-12,16-17H,4-5,10H2,1-3H3. The molecule has 0 aliphatic heterocycles. The van der Waals surface area contributed by atoms with E-state index < -0.39 is 0 Å². The maximum atomic E-state index is 5.76. The smallest absolute Gasteiger partial charge is 0.124 e. The Bertz CT molecular complexity index is 536. The highest BCUT2D eigenvalue weighted by Gasteiger charge is 2.18. The van der Waals surface area contributed by atoms with Crippen molar-refractivity contribution in [1.82, 2.24) is 15.1 Å². The molecule has 2 rings (SSSR count).